The molecule has 0 fully saturated rings. The zero-order valence-corrected chi connectivity index (χ0v) is 18.8. The van der Waals surface area contributed by atoms with Crippen LogP contribution < -0.4 is 5.32 Å². The van der Waals surface area contributed by atoms with E-state index in [9.17, 15) is 9.59 Å². The Labute approximate surface area is 189 Å². The van der Waals surface area contributed by atoms with Crippen molar-refractivity contribution in [3.05, 3.63) is 75.5 Å². The number of aromatic nitrogens is 3. The maximum atomic E-state index is 12.6. The highest BCUT2D eigenvalue weighted by molar-refractivity contribution is 7.99. The third-order valence-electron chi connectivity index (χ3n) is 4.40. The average Bonchev–Trinajstić information content (AvgIpc) is 3.15. The smallest absolute Gasteiger partial charge is 0.253 e. The minimum absolute atomic E-state index is 0.0199. The van der Waals surface area contributed by atoms with Crippen molar-refractivity contribution >= 4 is 46.7 Å². The highest BCUT2D eigenvalue weighted by Gasteiger charge is 2.21. The first-order valence-electron chi connectivity index (χ1n) is 9.30. The molecule has 2 aromatic carbocycles. The first kappa shape index (κ1) is 22.3. The molecule has 30 heavy (non-hydrogen) atoms. The number of carbonyl (C=O) groups is 2. The molecular weight excluding hydrogens is 443 g/mol. The minimum Gasteiger partial charge on any atom is -0.342 e. The van der Waals surface area contributed by atoms with Crippen LogP contribution in [0.1, 0.15) is 46.4 Å². The van der Waals surface area contributed by atoms with Crippen molar-refractivity contribution in [2.45, 2.75) is 31.6 Å². The lowest BCUT2D eigenvalue weighted by molar-refractivity contribution is 0.0937. The SMILES string of the molecule is CCn1c(SCC(=O)c2ccccc2)nnc1C(C)NC(=O)c1ccc(Cl)cc1Cl. The topological polar surface area (TPSA) is 76.9 Å². The Hall–Kier alpha value is -2.35. The van der Waals surface area contributed by atoms with Crippen LogP contribution in [0.25, 0.3) is 0 Å². The first-order chi connectivity index (χ1) is 14.4. The summed E-state index contributed by atoms with van der Waals surface area (Å²) in [5, 5.41) is 12.7. The van der Waals surface area contributed by atoms with Gasteiger partial charge in [-0.05, 0) is 32.0 Å². The van der Waals surface area contributed by atoms with Gasteiger partial charge in [-0.15, -0.1) is 10.2 Å². The van der Waals surface area contributed by atoms with Gasteiger partial charge < -0.3 is 9.88 Å². The maximum Gasteiger partial charge on any atom is 0.253 e. The Balaban J connectivity index is 1.69. The molecule has 3 rings (SSSR count). The fourth-order valence-corrected chi connectivity index (χ4v) is 4.27. The zero-order valence-electron chi connectivity index (χ0n) is 16.4. The van der Waals surface area contributed by atoms with Crippen molar-refractivity contribution in [2.75, 3.05) is 5.75 Å². The third kappa shape index (κ3) is 5.22. The maximum absolute atomic E-state index is 12.6. The van der Waals surface area contributed by atoms with Crippen molar-refractivity contribution in [1.82, 2.24) is 20.1 Å². The van der Waals surface area contributed by atoms with Crippen LogP contribution in [0.5, 0.6) is 0 Å². The Kier molecular flexibility index (Phi) is 7.53. The van der Waals surface area contributed by atoms with E-state index < -0.39 is 6.04 Å². The van der Waals surface area contributed by atoms with E-state index in [1.165, 1.54) is 17.8 Å². The van der Waals surface area contributed by atoms with Crippen LogP contribution in [-0.2, 0) is 6.54 Å². The number of amides is 1. The van der Waals surface area contributed by atoms with Crippen molar-refractivity contribution in [3.8, 4) is 0 Å². The lowest BCUT2D eigenvalue weighted by Gasteiger charge is -2.15. The summed E-state index contributed by atoms with van der Waals surface area (Å²) in [5.74, 6) is 0.545. The number of halogens is 2. The quantitative estimate of drug-likeness (QED) is 0.373. The van der Waals surface area contributed by atoms with Gasteiger partial charge in [-0.25, -0.2) is 0 Å². The second-order valence-electron chi connectivity index (χ2n) is 6.48. The summed E-state index contributed by atoms with van der Waals surface area (Å²) in [4.78, 5) is 25.0. The molecule has 3 aromatic rings. The number of rotatable bonds is 8. The van der Waals surface area contributed by atoms with E-state index in [-0.39, 0.29) is 22.5 Å². The average molecular weight is 463 g/mol. The largest absolute Gasteiger partial charge is 0.342 e. The van der Waals surface area contributed by atoms with Crippen molar-refractivity contribution in [2.24, 2.45) is 0 Å². The number of nitrogens with zero attached hydrogens (tertiary/aromatic N) is 3. The van der Waals surface area contributed by atoms with Crippen molar-refractivity contribution in [1.29, 1.82) is 0 Å². The highest BCUT2D eigenvalue weighted by Crippen LogP contribution is 2.24. The number of Topliss-reactive ketones (excluding diaryl/α,β-unsaturated/α-hetero) is 1. The molecule has 1 heterocycles. The number of hydrogen-bond donors (Lipinski definition) is 1. The van der Waals surface area contributed by atoms with Crippen LogP contribution in [0, 0.1) is 0 Å². The van der Waals surface area contributed by atoms with Crippen molar-refractivity contribution in [3.63, 3.8) is 0 Å². The van der Waals surface area contributed by atoms with Crippen LogP contribution in [0.4, 0.5) is 0 Å². The summed E-state index contributed by atoms with van der Waals surface area (Å²) in [6, 6.07) is 13.4. The molecule has 1 atom stereocenters. The molecule has 156 valence electrons. The van der Waals surface area contributed by atoms with E-state index >= 15 is 0 Å². The molecule has 0 aliphatic rings. The van der Waals surface area contributed by atoms with Crippen LogP contribution in [0.15, 0.2) is 53.7 Å². The molecule has 0 saturated heterocycles. The fourth-order valence-electron chi connectivity index (χ4n) is 2.87. The Bertz CT molecular complexity index is 1060. The molecule has 1 aromatic heterocycles. The molecule has 0 radical (unpaired) electrons. The van der Waals surface area contributed by atoms with Gasteiger partial charge >= 0.3 is 0 Å². The zero-order chi connectivity index (χ0) is 21.7. The molecule has 1 amide bonds. The van der Waals surface area contributed by atoms with E-state index in [4.69, 9.17) is 23.2 Å². The molecule has 0 saturated carbocycles. The van der Waals surface area contributed by atoms with E-state index in [1.807, 2.05) is 36.6 Å². The summed E-state index contributed by atoms with van der Waals surface area (Å²) in [7, 11) is 0. The van der Waals surface area contributed by atoms with E-state index in [1.54, 1.807) is 24.3 Å². The monoisotopic (exact) mass is 462 g/mol. The molecular formula is C21H20Cl2N4O2S. The lowest BCUT2D eigenvalue weighted by Crippen LogP contribution is -2.29. The van der Waals surface area contributed by atoms with Gasteiger partial charge in [0.2, 0.25) is 0 Å². The van der Waals surface area contributed by atoms with E-state index in [0.29, 0.717) is 33.7 Å². The van der Waals surface area contributed by atoms with E-state index in [2.05, 4.69) is 15.5 Å². The van der Waals surface area contributed by atoms with Gasteiger partial charge in [0.25, 0.3) is 5.91 Å². The van der Waals surface area contributed by atoms with Crippen molar-refractivity contribution < 1.29 is 9.59 Å². The van der Waals surface area contributed by atoms with Gasteiger partial charge in [0, 0.05) is 17.1 Å². The number of benzene rings is 2. The number of hydrogen-bond acceptors (Lipinski definition) is 5. The number of nitrogens with one attached hydrogen (secondary N) is 1. The minimum atomic E-state index is -0.407. The Morgan fingerprint density at radius 3 is 2.53 bits per heavy atom. The molecule has 0 aliphatic heterocycles. The molecule has 0 bridgehead atoms. The molecule has 1 unspecified atom stereocenters. The number of thioether (sulfide) groups is 1. The lowest BCUT2D eigenvalue weighted by atomic mass is 10.2. The summed E-state index contributed by atoms with van der Waals surface area (Å²) in [6.45, 7) is 4.38. The predicted octanol–water partition coefficient (Wildman–Crippen LogP) is 5.07. The van der Waals surface area contributed by atoms with Gasteiger partial charge in [0.1, 0.15) is 0 Å². The van der Waals surface area contributed by atoms with Crippen LogP contribution >= 0.6 is 35.0 Å². The second-order valence-corrected chi connectivity index (χ2v) is 8.27. The molecule has 1 N–H and O–H groups in total. The normalized spacial score (nSPS) is 11.9. The van der Waals surface area contributed by atoms with Gasteiger partial charge in [0.15, 0.2) is 16.8 Å². The molecule has 9 heteroatoms. The van der Waals surface area contributed by atoms with Gasteiger partial charge in [-0.3, -0.25) is 9.59 Å². The second kappa shape index (κ2) is 10.1. The number of ketones is 1. The third-order valence-corrected chi connectivity index (χ3v) is 5.92. The highest BCUT2D eigenvalue weighted by atomic mass is 35.5. The van der Waals surface area contributed by atoms with E-state index in [0.717, 1.165) is 0 Å². The van der Waals surface area contributed by atoms with Gasteiger partial charge in [-0.1, -0.05) is 65.3 Å². The summed E-state index contributed by atoms with van der Waals surface area (Å²) in [5.41, 5.74) is 0.992. The fraction of sp³-hybridized carbons (Fsp3) is 0.238. The molecule has 0 spiro atoms. The summed E-state index contributed by atoms with van der Waals surface area (Å²) < 4.78 is 1.89. The first-order valence-corrected chi connectivity index (χ1v) is 11.0. The number of carbonyl (C=O) groups excluding carboxylic acids is 2. The van der Waals surface area contributed by atoms with Gasteiger partial charge in [-0.2, -0.15) is 0 Å². The van der Waals surface area contributed by atoms with Crippen LogP contribution in [-0.4, -0.2) is 32.2 Å². The standard InChI is InChI=1S/C21H20Cl2N4O2S/c1-3-27-19(13(2)24-20(29)16-10-9-15(22)11-17(16)23)25-26-21(27)30-12-18(28)14-7-5-4-6-8-14/h4-11,13H,3,12H2,1-2H3,(H,24,29). The van der Waals surface area contributed by atoms with Gasteiger partial charge in [0.05, 0.1) is 22.4 Å². The van der Waals surface area contributed by atoms with Crippen LogP contribution in [0.3, 0.4) is 0 Å². The summed E-state index contributed by atoms with van der Waals surface area (Å²) >= 11 is 13.3. The summed E-state index contributed by atoms with van der Waals surface area (Å²) in [6.07, 6.45) is 0. The Morgan fingerprint density at radius 1 is 1.13 bits per heavy atom. The van der Waals surface area contributed by atoms with Crippen LogP contribution in [0.2, 0.25) is 10.0 Å². The molecule has 0 aliphatic carbocycles. The predicted molar refractivity (Wildman–Crippen MR) is 120 cm³/mol. The molecule has 6 nitrogen and oxygen atoms in total. The Morgan fingerprint density at radius 2 is 1.87 bits per heavy atom.